The first-order chi connectivity index (χ1) is 12.4. The molecular formula is C18H26FN3O3S. The molecule has 26 heavy (non-hydrogen) atoms. The molecule has 1 aliphatic heterocycles. The van der Waals surface area contributed by atoms with Crippen molar-refractivity contribution < 1.29 is 17.6 Å². The van der Waals surface area contributed by atoms with E-state index >= 15 is 0 Å². The van der Waals surface area contributed by atoms with Crippen LogP contribution in [0.25, 0.3) is 0 Å². The number of hydrogen-bond acceptors (Lipinski definition) is 3. The second-order valence-electron chi connectivity index (χ2n) is 7.02. The molecule has 0 atom stereocenters. The summed E-state index contributed by atoms with van der Waals surface area (Å²) in [6.07, 6.45) is 5.13. The van der Waals surface area contributed by atoms with Gasteiger partial charge in [0.15, 0.2) is 0 Å². The Kier molecular flexibility index (Phi) is 5.94. The van der Waals surface area contributed by atoms with E-state index in [9.17, 15) is 17.6 Å². The van der Waals surface area contributed by atoms with E-state index in [1.165, 1.54) is 33.2 Å². The third-order valence-electron chi connectivity index (χ3n) is 5.38. The van der Waals surface area contributed by atoms with Crippen molar-refractivity contribution in [3.8, 4) is 0 Å². The number of carbonyl (C=O) groups is 1. The summed E-state index contributed by atoms with van der Waals surface area (Å²) in [6.45, 7) is 1.15. The summed E-state index contributed by atoms with van der Waals surface area (Å²) < 4.78 is 42.0. The zero-order chi connectivity index (χ0) is 18.7. The molecule has 0 bridgehead atoms. The highest BCUT2D eigenvalue weighted by atomic mass is 32.2. The summed E-state index contributed by atoms with van der Waals surface area (Å²) in [5.41, 5.74) is 0.292. The maximum atomic E-state index is 13.3. The topological polar surface area (TPSA) is 60.9 Å². The molecule has 8 heteroatoms. The highest BCUT2D eigenvalue weighted by Gasteiger charge is 2.35. The third kappa shape index (κ3) is 4.07. The fourth-order valence-corrected chi connectivity index (χ4v) is 5.32. The Hall–Kier alpha value is -1.51. The van der Waals surface area contributed by atoms with Gasteiger partial charge in [-0.05, 0) is 31.0 Å². The average molecular weight is 383 g/mol. The van der Waals surface area contributed by atoms with Crippen LogP contribution in [0, 0.1) is 5.82 Å². The maximum absolute atomic E-state index is 13.3. The minimum Gasteiger partial charge on any atom is -0.336 e. The molecule has 0 radical (unpaired) electrons. The first-order valence-electron chi connectivity index (χ1n) is 9.17. The molecule has 6 nitrogen and oxygen atoms in total. The zero-order valence-electron chi connectivity index (χ0n) is 15.1. The smallest absolute Gasteiger partial charge is 0.282 e. The first kappa shape index (κ1) is 19.3. The van der Waals surface area contributed by atoms with E-state index in [0.717, 1.165) is 25.7 Å². The van der Waals surface area contributed by atoms with Crippen LogP contribution < -0.4 is 0 Å². The summed E-state index contributed by atoms with van der Waals surface area (Å²) in [6, 6.07) is 5.65. The minimum atomic E-state index is -3.51. The Morgan fingerprint density at radius 2 is 1.77 bits per heavy atom. The predicted molar refractivity (Wildman–Crippen MR) is 97.4 cm³/mol. The van der Waals surface area contributed by atoms with Gasteiger partial charge in [0.25, 0.3) is 16.1 Å². The summed E-state index contributed by atoms with van der Waals surface area (Å²) in [4.78, 5) is 14.1. The molecule has 1 amide bonds. The van der Waals surface area contributed by atoms with Crippen LogP contribution in [0.15, 0.2) is 24.3 Å². The fourth-order valence-electron chi connectivity index (χ4n) is 3.74. The van der Waals surface area contributed by atoms with Crippen molar-refractivity contribution in [3.05, 3.63) is 35.6 Å². The molecule has 1 saturated heterocycles. The zero-order valence-corrected chi connectivity index (χ0v) is 15.9. The Morgan fingerprint density at radius 3 is 2.38 bits per heavy atom. The number of halogens is 1. The third-order valence-corrected chi connectivity index (χ3v) is 7.42. The van der Waals surface area contributed by atoms with Crippen LogP contribution in [-0.2, 0) is 10.2 Å². The monoisotopic (exact) mass is 383 g/mol. The van der Waals surface area contributed by atoms with E-state index in [-0.39, 0.29) is 25.0 Å². The van der Waals surface area contributed by atoms with Crippen LogP contribution in [0.5, 0.6) is 0 Å². The molecule has 1 heterocycles. The van der Waals surface area contributed by atoms with Gasteiger partial charge in [-0.25, -0.2) is 4.39 Å². The van der Waals surface area contributed by atoms with Gasteiger partial charge in [-0.3, -0.25) is 4.79 Å². The van der Waals surface area contributed by atoms with Crippen molar-refractivity contribution in [2.45, 2.75) is 38.1 Å². The van der Waals surface area contributed by atoms with E-state index < -0.39 is 16.0 Å². The van der Waals surface area contributed by atoms with E-state index in [1.807, 2.05) is 0 Å². The van der Waals surface area contributed by atoms with Crippen LogP contribution in [0.1, 0.15) is 42.5 Å². The number of hydrogen-bond donors (Lipinski definition) is 0. The Balaban J connectivity index is 1.61. The first-order valence-corrected chi connectivity index (χ1v) is 10.6. The summed E-state index contributed by atoms with van der Waals surface area (Å²) in [7, 11) is -1.85. The van der Waals surface area contributed by atoms with Crippen molar-refractivity contribution in [1.82, 2.24) is 13.5 Å². The van der Waals surface area contributed by atoms with Crippen molar-refractivity contribution >= 4 is 16.1 Å². The number of rotatable bonds is 4. The molecule has 2 fully saturated rings. The van der Waals surface area contributed by atoms with E-state index in [1.54, 1.807) is 18.0 Å². The molecular weight excluding hydrogens is 357 g/mol. The van der Waals surface area contributed by atoms with Crippen molar-refractivity contribution in [3.63, 3.8) is 0 Å². The van der Waals surface area contributed by atoms with Crippen LogP contribution in [0.2, 0.25) is 0 Å². The second kappa shape index (κ2) is 8.02. The highest BCUT2D eigenvalue weighted by molar-refractivity contribution is 7.86. The standard InChI is InChI=1S/C18H26FN3O3S/c1-20(17-8-3-2-4-9-17)26(24,25)22-12-10-21(11-13-22)18(23)15-6-5-7-16(19)14-15/h5-7,14,17H,2-4,8-13H2,1H3. The van der Waals surface area contributed by atoms with E-state index in [2.05, 4.69) is 0 Å². The van der Waals surface area contributed by atoms with Gasteiger partial charge in [-0.1, -0.05) is 25.3 Å². The SMILES string of the molecule is CN(C1CCCCC1)S(=O)(=O)N1CCN(C(=O)c2cccc(F)c2)CC1. The molecule has 144 valence electrons. The van der Waals surface area contributed by atoms with Crippen molar-refractivity contribution in [2.24, 2.45) is 0 Å². The maximum Gasteiger partial charge on any atom is 0.282 e. The molecule has 0 aromatic heterocycles. The lowest BCUT2D eigenvalue weighted by molar-refractivity contribution is 0.0692. The molecule has 1 saturated carbocycles. The lowest BCUT2D eigenvalue weighted by Gasteiger charge is -2.38. The quantitative estimate of drug-likeness (QED) is 0.800. The lowest BCUT2D eigenvalue weighted by Crippen LogP contribution is -2.55. The fraction of sp³-hybridized carbons (Fsp3) is 0.611. The number of amides is 1. The van der Waals surface area contributed by atoms with Crippen LogP contribution in [0.4, 0.5) is 4.39 Å². The Morgan fingerprint density at radius 1 is 1.12 bits per heavy atom. The van der Waals surface area contributed by atoms with Gasteiger partial charge in [0.2, 0.25) is 0 Å². The number of nitrogens with zero attached hydrogens (tertiary/aromatic N) is 3. The Bertz CT molecular complexity index is 742. The van der Waals surface area contributed by atoms with Crippen molar-refractivity contribution in [1.29, 1.82) is 0 Å². The molecule has 0 N–H and O–H groups in total. The normalized spacial score (nSPS) is 20.5. The molecule has 1 aromatic rings. The molecule has 0 spiro atoms. The van der Waals surface area contributed by atoms with Gasteiger partial charge in [-0.2, -0.15) is 17.0 Å². The molecule has 1 aliphatic carbocycles. The van der Waals surface area contributed by atoms with Crippen molar-refractivity contribution in [2.75, 3.05) is 33.2 Å². The van der Waals surface area contributed by atoms with Crippen LogP contribution in [-0.4, -0.2) is 67.1 Å². The molecule has 0 unspecified atom stereocenters. The predicted octanol–water partition coefficient (Wildman–Crippen LogP) is 2.09. The average Bonchev–Trinajstić information content (AvgIpc) is 2.67. The summed E-state index contributed by atoms with van der Waals surface area (Å²) in [5, 5.41) is 0. The van der Waals surface area contributed by atoms with Gasteiger partial charge >= 0.3 is 0 Å². The largest absolute Gasteiger partial charge is 0.336 e. The minimum absolute atomic E-state index is 0.0701. The van der Waals surface area contributed by atoms with Gasteiger partial charge in [0, 0.05) is 44.8 Å². The van der Waals surface area contributed by atoms with Gasteiger partial charge < -0.3 is 4.90 Å². The van der Waals surface area contributed by atoms with Gasteiger partial charge in [0.05, 0.1) is 0 Å². The van der Waals surface area contributed by atoms with Crippen LogP contribution >= 0.6 is 0 Å². The van der Waals surface area contributed by atoms with Gasteiger partial charge in [-0.15, -0.1) is 0 Å². The number of carbonyl (C=O) groups excluding carboxylic acids is 1. The number of piperazine rings is 1. The van der Waals surface area contributed by atoms with E-state index in [0.29, 0.717) is 18.7 Å². The number of benzene rings is 1. The lowest BCUT2D eigenvalue weighted by atomic mass is 9.96. The highest BCUT2D eigenvalue weighted by Crippen LogP contribution is 2.25. The van der Waals surface area contributed by atoms with Gasteiger partial charge in [0.1, 0.15) is 5.82 Å². The molecule has 1 aromatic carbocycles. The molecule has 2 aliphatic rings. The molecule has 3 rings (SSSR count). The summed E-state index contributed by atoms with van der Waals surface area (Å²) in [5.74, 6) is -0.714. The second-order valence-corrected chi connectivity index (χ2v) is 9.01. The van der Waals surface area contributed by atoms with E-state index in [4.69, 9.17) is 0 Å². The van der Waals surface area contributed by atoms with Crippen LogP contribution in [0.3, 0.4) is 0 Å². The Labute approximate surface area is 154 Å². The summed E-state index contributed by atoms with van der Waals surface area (Å²) >= 11 is 0.